The van der Waals surface area contributed by atoms with E-state index in [0.717, 1.165) is 12.0 Å². The molecule has 0 aromatic heterocycles. The summed E-state index contributed by atoms with van der Waals surface area (Å²) in [6.07, 6.45) is 0.588. The Bertz CT molecular complexity index is 521. The van der Waals surface area contributed by atoms with Crippen molar-refractivity contribution in [3.8, 4) is 0 Å². The van der Waals surface area contributed by atoms with Crippen LogP contribution in [-0.4, -0.2) is 39.1 Å². The summed E-state index contributed by atoms with van der Waals surface area (Å²) in [6, 6.07) is 7.33. The Hall–Kier alpha value is -0.910. The van der Waals surface area contributed by atoms with E-state index in [9.17, 15) is 9.00 Å². The molecule has 1 heterocycles. The highest BCUT2D eigenvalue weighted by Crippen LogP contribution is 2.27. The molecule has 6 heteroatoms. The molecule has 0 spiro atoms. The summed E-state index contributed by atoms with van der Waals surface area (Å²) in [5.74, 6) is 1.23. The molecule has 2 rings (SSSR count). The van der Waals surface area contributed by atoms with E-state index in [4.69, 9.17) is 11.6 Å². The Labute approximate surface area is 133 Å². The van der Waals surface area contributed by atoms with Crippen LogP contribution in [-0.2, 0) is 15.6 Å². The summed E-state index contributed by atoms with van der Waals surface area (Å²) in [4.78, 5) is 14.2. The van der Waals surface area contributed by atoms with Crippen LogP contribution >= 0.6 is 11.6 Å². The summed E-state index contributed by atoms with van der Waals surface area (Å²) in [5.41, 5.74) is 1.01. The predicted octanol–water partition coefficient (Wildman–Crippen LogP) is 2.32. The van der Waals surface area contributed by atoms with Crippen LogP contribution in [0.3, 0.4) is 0 Å². The van der Waals surface area contributed by atoms with Crippen molar-refractivity contribution in [3.05, 3.63) is 34.9 Å². The van der Waals surface area contributed by atoms with E-state index in [-0.39, 0.29) is 18.1 Å². The van der Waals surface area contributed by atoms with Crippen LogP contribution in [0, 0.1) is 0 Å². The fourth-order valence-corrected chi connectivity index (χ4v) is 3.29. The van der Waals surface area contributed by atoms with Gasteiger partial charge in [0.2, 0.25) is 5.91 Å². The molecule has 0 radical (unpaired) electrons. The molecular formula is C15H21ClN2O2S. The third kappa shape index (κ3) is 3.84. The first-order valence-corrected chi connectivity index (χ1v) is 9.10. The zero-order valence-corrected chi connectivity index (χ0v) is 13.9. The maximum absolute atomic E-state index is 12.4. The summed E-state index contributed by atoms with van der Waals surface area (Å²) in [7, 11) is -0.869. The van der Waals surface area contributed by atoms with Crippen molar-refractivity contribution in [2.75, 3.05) is 18.1 Å². The smallest absolute Gasteiger partial charge is 0.241 e. The molecule has 1 aromatic rings. The van der Waals surface area contributed by atoms with Crippen LogP contribution in [0.25, 0.3) is 0 Å². The van der Waals surface area contributed by atoms with Gasteiger partial charge in [0.1, 0.15) is 6.17 Å². The number of benzene rings is 1. The van der Waals surface area contributed by atoms with Gasteiger partial charge >= 0.3 is 0 Å². The molecule has 0 bridgehead atoms. The zero-order chi connectivity index (χ0) is 15.4. The predicted molar refractivity (Wildman–Crippen MR) is 86.7 cm³/mol. The summed E-state index contributed by atoms with van der Waals surface area (Å²) in [6.45, 7) is 4.39. The molecule has 0 aliphatic carbocycles. The van der Waals surface area contributed by atoms with Gasteiger partial charge in [-0.2, -0.15) is 0 Å². The number of nitrogens with one attached hydrogen (secondary N) is 1. The van der Waals surface area contributed by atoms with Gasteiger partial charge < -0.3 is 4.90 Å². The SMILES string of the molecule is CCC1NC(c2ccc(Cl)cc2)N(CCS(=O)CC)C1=O. The van der Waals surface area contributed by atoms with Crippen LogP contribution in [0.4, 0.5) is 0 Å². The Morgan fingerprint density at radius 2 is 1.95 bits per heavy atom. The van der Waals surface area contributed by atoms with Crippen LogP contribution in [0.15, 0.2) is 24.3 Å². The lowest BCUT2D eigenvalue weighted by Crippen LogP contribution is -2.34. The lowest BCUT2D eigenvalue weighted by Gasteiger charge is -2.24. The highest BCUT2D eigenvalue weighted by atomic mass is 35.5. The van der Waals surface area contributed by atoms with Gasteiger partial charge in [0.05, 0.1) is 6.04 Å². The summed E-state index contributed by atoms with van der Waals surface area (Å²) in [5, 5.41) is 4.03. The normalized spacial score (nSPS) is 23.6. The Kier molecular flexibility index (Phi) is 5.79. The molecule has 1 fully saturated rings. The molecule has 1 aliphatic heterocycles. The van der Waals surface area contributed by atoms with Gasteiger partial charge in [-0.05, 0) is 24.1 Å². The highest BCUT2D eigenvalue weighted by molar-refractivity contribution is 7.84. The number of rotatable bonds is 6. The number of hydrogen-bond donors (Lipinski definition) is 1. The second-order valence-electron chi connectivity index (χ2n) is 5.05. The van der Waals surface area contributed by atoms with Gasteiger partial charge in [0.25, 0.3) is 0 Å². The molecule has 3 unspecified atom stereocenters. The maximum atomic E-state index is 12.4. The summed E-state index contributed by atoms with van der Waals surface area (Å²) < 4.78 is 11.6. The van der Waals surface area contributed by atoms with E-state index in [1.807, 2.05) is 38.1 Å². The van der Waals surface area contributed by atoms with Crippen LogP contribution in [0.1, 0.15) is 32.0 Å². The lowest BCUT2D eigenvalue weighted by molar-refractivity contribution is -0.129. The third-order valence-electron chi connectivity index (χ3n) is 3.73. The number of amides is 1. The number of halogens is 1. The molecule has 0 saturated carbocycles. The largest absolute Gasteiger partial charge is 0.321 e. The van der Waals surface area contributed by atoms with E-state index in [0.29, 0.717) is 23.1 Å². The number of hydrogen-bond acceptors (Lipinski definition) is 3. The van der Waals surface area contributed by atoms with Crippen molar-refractivity contribution < 1.29 is 9.00 Å². The van der Waals surface area contributed by atoms with E-state index >= 15 is 0 Å². The average Bonchev–Trinajstić information content (AvgIpc) is 2.81. The summed E-state index contributed by atoms with van der Waals surface area (Å²) >= 11 is 5.92. The van der Waals surface area contributed by atoms with Crippen molar-refractivity contribution in [2.45, 2.75) is 32.5 Å². The minimum absolute atomic E-state index is 0.0885. The Morgan fingerprint density at radius 3 is 2.52 bits per heavy atom. The first-order chi connectivity index (χ1) is 10.1. The highest BCUT2D eigenvalue weighted by Gasteiger charge is 2.38. The van der Waals surface area contributed by atoms with Gasteiger partial charge in [0, 0.05) is 33.9 Å². The van der Waals surface area contributed by atoms with Crippen LogP contribution < -0.4 is 5.32 Å². The number of carbonyl (C=O) groups is 1. The second-order valence-corrected chi connectivity index (χ2v) is 7.35. The van der Waals surface area contributed by atoms with Crippen molar-refractivity contribution in [3.63, 3.8) is 0 Å². The van der Waals surface area contributed by atoms with Crippen LogP contribution in [0.5, 0.6) is 0 Å². The fourth-order valence-electron chi connectivity index (χ4n) is 2.48. The zero-order valence-electron chi connectivity index (χ0n) is 12.3. The van der Waals surface area contributed by atoms with Gasteiger partial charge in [-0.15, -0.1) is 0 Å². The molecule has 1 aliphatic rings. The molecule has 1 aromatic carbocycles. The first kappa shape index (κ1) is 16.5. The standard InChI is InChI=1S/C15H21ClN2O2S/c1-3-13-15(19)18(9-10-21(20)4-2)14(17-13)11-5-7-12(16)8-6-11/h5-8,13-14,17H,3-4,9-10H2,1-2H3. The number of carbonyl (C=O) groups excluding carboxylic acids is 1. The van der Waals surface area contributed by atoms with Gasteiger partial charge in [-0.3, -0.25) is 14.3 Å². The lowest BCUT2D eigenvalue weighted by atomic mass is 10.1. The number of nitrogens with zero attached hydrogens (tertiary/aromatic N) is 1. The third-order valence-corrected chi connectivity index (χ3v) is 5.26. The molecule has 116 valence electrons. The molecule has 21 heavy (non-hydrogen) atoms. The van der Waals surface area contributed by atoms with E-state index in [2.05, 4.69) is 5.32 Å². The van der Waals surface area contributed by atoms with Crippen molar-refractivity contribution in [1.29, 1.82) is 0 Å². The maximum Gasteiger partial charge on any atom is 0.241 e. The van der Waals surface area contributed by atoms with Crippen LogP contribution in [0.2, 0.25) is 5.02 Å². The Morgan fingerprint density at radius 1 is 1.29 bits per heavy atom. The molecule has 1 saturated heterocycles. The molecule has 3 atom stereocenters. The Balaban J connectivity index is 2.17. The van der Waals surface area contributed by atoms with Crippen molar-refractivity contribution in [1.82, 2.24) is 10.2 Å². The topological polar surface area (TPSA) is 49.4 Å². The molecular weight excluding hydrogens is 308 g/mol. The minimum Gasteiger partial charge on any atom is -0.321 e. The van der Waals surface area contributed by atoms with Gasteiger partial charge in [0.15, 0.2) is 0 Å². The monoisotopic (exact) mass is 328 g/mol. The minimum atomic E-state index is -0.869. The molecule has 1 amide bonds. The van der Waals surface area contributed by atoms with E-state index in [1.165, 1.54) is 0 Å². The van der Waals surface area contributed by atoms with E-state index < -0.39 is 10.8 Å². The van der Waals surface area contributed by atoms with Crippen molar-refractivity contribution in [2.24, 2.45) is 0 Å². The van der Waals surface area contributed by atoms with Crippen molar-refractivity contribution >= 4 is 28.3 Å². The van der Waals surface area contributed by atoms with E-state index in [1.54, 1.807) is 4.90 Å². The first-order valence-electron chi connectivity index (χ1n) is 7.23. The van der Waals surface area contributed by atoms with Gasteiger partial charge in [-0.1, -0.05) is 37.6 Å². The quantitative estimate of drug-likeness (QED) is 0.872. The van der Waals surface area contributed by atoms with Gasteiger partial charge in [-0.25, -0.2) is 0 Å². The average molecular weight is 329 g/mol. The second kappa shape index (κ2) is 7.38. The molecule has 4 nitrogen and oxygen atoms in total. The molecule has 1 N–H and O–H groups in total. The fraction of sp³-hybridized carbons (Fsp3) is 0.533.